The SMILES string of the molecule is CN(C)C(C)(C)CNS(=O)(=O)c1c[nH]c2ccc(N)cc12. The predicted octanol–water partition coefficient (Wildman–Crippen LogP) is 1.37. The monoisotopic (exact) mass is 310 g/mol. The number of nitrogen functional groups attached to an aromatic ring is 1. The molecule has 4 N–H and O–H groups in total. The van der Waals surface area contributed by atoms with Crippen LogP contribution in [0, 0.1) is 0 Å². The van der Waals surface area contributed by atoms with E-state index in [4.69, 9.17) is 5.73 Å². The second-order valence-corrected chi connectivity index (χ2v) is 7.72. The number of sulfonamides is 1. The third-order valence-electron chi connectivity index (χ3n) is 3.86. The molecular weight excluding hydrogens is 288 g/mol. The smallest absolute Gasteiger partial charge is 0.242 e. The molecule has 0 saturated carbocycles. The van der Waals surface area contributed by atoms with Gasteiger partial charge in [0.2, 0.25) is 10.0 Å². The molecule has 0 radical (unpaired) electrons. The summed E-state index contributed by atoms with van der Waals surface area (Å²) >= 11 is 0. The van der Waals surface area contributed by atoms with Gasteiger partial charge in [-0.2, -0.15) is 0 Å². The second kappa shape index (κ2) is 5.32. The van der Waals surface area contributed by atoms with E-state index in [9.17, 15) is 8.42 Å². The number of aromatic amines is 1. The fraction of sp³-hybridized carbons (Fsp3) is 0.429. The molecule has 0 aliphatic rings. The van der Waals surface area contributed by atoms with Crippen LogP contribution in [0.5, 0.6) is 0 Å². The minimum Gasteiger partial charge on any atom is -0.399 e. The average Bonchev–Trinajstić information content (AvgIpc) is 2.80. The Morgan fingerprint density at radius 1 is 1.33 bits per heavy atom. The molecule has 0 saturated heterocycles. The first-order valence-electron chi connectivity index (χ1n) is 6.67. The quantitative estimate of drug-likeness (QED) is 0.727. The molecule has 2 aromatic rings. The van der Waals surface area contributed by atoms with Crippen LogP contribution in [-0.4, -0.2) is 44.5 Å². The highest BCUT2D eigenvalue weighted by Gasteiger charge is 2.25. The number of H-pyrrole nitrogens is 1. The Bertz CT molecular complexity index is 747. The Kier molecular flexibility index (Phi) is 4.01. The first-order chi connectivity index (χ1) is 9.63. The number of rotatable bonds is 5. The lowest BCUT2D eigenvalue weighted by Gasteiger charge is -2.32. The van der Waals surface area contributed by atoms with Gasteiger partial charge in [0.05, 0.1) is 0 Å². The van der Waals surface area contributed by atoms with E-state index in [0.717, 1.165) is 5.52 Å². The van der Waals surface area contributed by atoms with Crippen LogP contribution in [0.1, 0.15) is 13.8 Å². The molecule has 0 fully saturated rings. The molecule has 1 aromatic heterocycles. The number of benzene rings is 1. The zero-order valence-corrected chi connectivity index (χ0v) is 13.6. The van der Waals surface area contributed by atoms with Crippen molar-refractivity contribution in [3.05, 3.63) is 24.4 Å². The van der Waals surface area contributed by atoms with Crippen molar-refractivity contribution in [3.8, 4) is 0 Å². The lowest BCUT2D eigenvalue weighted by molar-refractivity contribution is 0.199. The van der Waals surface area contributed by atoms with Gasteiger partial charge in [0.15, 0.2) is 0 Å². The topological polar surface area (TPSA) is 91.2 Å². The van der Waals surface area contributed by atoms with Crippen molar-refractivity contribution in [1.29, 1.82) is 0 Å². The molecule has 0 aliphatic carbocycles. The summed E-state index contributed by atoms with van der Waals surface area (Å²) in [5.74, 6) is 0. The first kappa shape index (κ1) is 15.8. The third kappa shape index (κ3) is 3.20. The third-order valence-corrected chi connectivity index (χ3v) is 5.30. The number of fused-ring (bicyclic) bond motifs is 1. The zero-order valence-electron chi connectivity index (χ0n) is 12.8. The summed E-state index contributed by atoms with van der Waals surface area (Å²) in [6.45, 7) is 4.27. The highest BCUT2D eigenvalue weighted by atomic mass is 32.2. The Morgan fingerprint density at radius 2 is 2.00 bits per heavy atom. The molecule has 0 bridgehead atoms. The van der Waals surface area contributed by atoms with Crippen molar-refractivity contribution < 1.29 is 8.42 Å². The molecule has 1 aromatic carbocycles. The predicted molar refractivity (Wildman–Crippen MR) is 85.7 cm³/mol. The van der Waals surface area contributed by atoms with Crippen LogP contribution >= 0.6 is 0 Å². The van der Waals surface area contributed by atoms with Crippen LogP contribution in [0.15, 0.2) is 29.3 Å². The summed E-state index contributed by atoms with van der Waals surface area (Å²) < 4.78 is 27.7. The maximum absolute atomic E-state index is 12.5. The van der Waals surface area contributed by atoms with Crippen molar-refractivity contribution in [3.63, 3.8) is 0 Å². The summed E-state index contributed by atoms with van der Waals surface area (Å²) in [7, 11) is 0.244. The average molecular weight is 310 g/mol. The molecule has 0 atom stereocenters. The molecular formula is C14H22N4O2S. The van der Waals surface area contributed by atoms with Gasteiger partial charge in [0, 0.05) is 34.9 Å². The van der Waals surface area contributed by atoms with Crippen LogP contribution < -0.4 is 10.5 Å². The molecule has 0 amide bonds. The fourth-order valence-corrected chi connectivity index (χ4v) is 3.21. The van der Waals surface area contributed by atoms with Crippen LogP contribution in [0.3, 0.4) is 0 Å². The van der Waals surface area contributed by atoms with Gasteiger partial charge < -0.3 is 15.6 Å². The summed E-state index contributed by atoms with van der Waals surface area (Å²) in [5.41, 5.74) is 6.74. The van der Waals surface area contributed by atoms with E-state index in [2.05, 4.69) is 9.71 Å². The van der Waals surface area contributed by atoms with Crippen molar-refractivity contribution in [2.75, 3.05) is 26.4 Å². The van der Waals surface area contributed by atoms with Crippen molar-refractivity contribution in [1.82, 2.24) is 14.6 Å². The Hall–Kier alpha value is -1.57. The summed E-state index contributed by atoms with van der Waals surface area (Å²) in [6.07, 6.45) is 1.50. The first-order valence-corrected chi connectivity index (χ1v) is 8.15. The van der Waals surface area contributed by atoms with E-state index in [1.807, 2.05) is 32.8 Å². The normalized spacial score (nSPS) is 13.2. The number of aromatic nitrogens is 1. The number of nitrogens with one attached hydrogen (secondary N) is 2. The number of likely N-dealkylation sites (N-methyl/N-ethyl adjacent to an activating group) is 1. The fourth-order valence-electron chi connectivity index (χ4n) is 1.84. The molecule has 116 valence electrons. The minimum absolute atomic E-state index is 0.222. The van der Waals surface area contributed by atoms with Crippen LogP contribution in [0.2, 0.25) is 0 Å². The Labute approximate surface area is 125 Å². The maximum Gasteiger partial charge on any atom is 0.242 e. The van der Waals surface area contributed by atoms with Gasteiger partial charge in [-0.05, 0) is 46.1 Å². The lowest BCUT2D eigenvalue weighted by Crippen LogP contribution is -2.48. The van der Waals surface area contributed by atoms with E-state index in [1.165, 1.54) is 6.20 Å². The number of nitrogens with zero attached hydrogens (tertiary/aromatic N) is 1. The highest BCUT2D eigenvalue weighted by Crippen LogP contribution is 2.25. The van der Waals surface area contributed by atoms with Crippen molar-refractivity contribution in [2.24, 2.45) is 0 Å². The molecule has 0 aliphatic heterocycles. The molecule has 7 heteroatoms. The van der Waals surface area contributed by atoms with Crippen LogP contribution in [-0.2, 0) is 10.0 Å². The summed E-state index contributed by atoms with van der Waals surface area (Å²) in [5, 5.41) is 0.602. The Balaban J connectivity index is 2.32. The van der Waals surface area contributed by atoms with Crippen molar-refractivity contribution >= 4 is 26.6 Å². The van der Waals surface area contributed by atoms with Gasteiger partial charge in [0.25, 0.3) is 0 Å². The van der Waals surface area contributed by atoms with E-state index >= 15 is 0 Å². The van der Waals surface area contributed by atoms with Gasteiger partial charge in [-0.15, -0.1) is 0 Å². The number of hydrogen-bond acceptors (Lipinski definition) is 4. The minimum atomic E-state index is -3.59. The molecule has 6 nitrogen and oxygen atoms in total. The standard InChI is InChI=1S/C14H22N4O2S/c1-14(2,18(3)4)9-17-21(19,20)13-8-16-12-6-5-10(15)7-11(12)13/h5-8,16-17H,9,15H2,1-4H3. The lowest BCUT2D eigenvalue weighted by atomic mass is 10.1. The summed E-state index contributed by atoms with van der Waals surface area (Å²) in [4.78, 5) is 5.15. The molecule has 21 heavy (non-hydrogen) atoms. The summed E-state index contributed by atoms with van der Waals surface area (Å²) in [6, 6.07) is 5.17. The maximum atomic E-state index is 12.5. The largest absolute Gasteiger partial charge is 0.399 e. The van der Waals surface area contributed by atoms with E-state index < -0.39 is 10.0 Å². The van der Waals surface area contributed by atoms with Gasteiger partial charge in [-0.1, -0.05) is 0 Å². The van der Waals surface area contributed by atoms with E-state index in [0.29, 0.717) is 17.6 Å². The van der Waals surface area contributed by atoms with Crippen LogP contribution in [0.4, 0.5) is 5.69 Å². The molecule has 1 heterocycles. The number of hydrogen-bond donors (Lipinski definition) is 3. The van der Waals surface area contributed by atoms with Gasteiger partial charge >= 0.3 is 0 Å². The van der Waals surface area contributed by atoms with Gasteiger partial charge in [0.1, 0.15) is 4.90 Å². The van der Waals surface area contributed by atoms with Crippen LogP contribution in [0.25, 0.3) is 10.9 Å². The van der Waals surface area contributed by atoms with E-state index in [1.54, 1.807) is 18.2 Å². The molecule has 0 spiro atoms. The number of nitrogens with two attached hydrogens (primary N) is 1. The Morgan fingerprint density at radius 3 is 2.62 bits per heavy atom. The number of anilines is 1. The van der Waals surface area contributed by atoms with Crippen molar-refractivity contribution in [2.45, 2.75) is 24.3 Å². The van der Waals surface area contributed by atoms with E-state index in [-0.39, 0.29) is 10.4 Å². The molecule has 2 rings (SSSR count). The second-order valence-electron chi connectivity index (χ2n) is 5.99. The zero-order chi connectivity index (χ0) is 15.8. The highest BCUT2D eigenvalue weighted by molar-refractivity contribution is 7.89. The van der Waals surface area contributed by atoms with Gasteiger partial charge in [-0.3, -0.25) is 0 Å². The molecule has 0 unspecified atom stereocenters. The van der Waals surface area contributed by atoms with Gasteiger partial charge in [-0.25, -0.2) is 13.1 Å².